The number of benzene rings is 2. The van der Waals surface area contributed by atoms with Crippen LogP contribution < -0.4 is 19.6 Å². The third kappa shape index (κ3) is 3.27. The third-order valence-corrected chi connectivity index (χ3v) is 5.88. The van der Waals surface area contributed by atoms with Crippen molar-refractivity contribution in [2.45, 2.75) is 20.0 Å². The van der Waals surface area contributed by atoms with E-state index in [1.807, 2.05) is 68.5 Å². The molecule has 2 aromatic carbocycles. The largest absolute Gasteiger partial charge is 0.494 e. The van der Waals surface area contributed by atoms with Crippen LogP contribution in [0.2, 0.25) is 0 Å². The number of hydrogen-bond acceptors (Lipinski definition) is 6. The van der Waals surface area contributed by atoms with Gasteiger partial charge >= 0.3 is 0 Å². The minimum atomic E-state index is -0.174. The molecule has 30 heavy (non-hydrogen) atoms. The van der Waals surface area contributed by atoms with Gasteiger partial charge in [-0.05, 0) is 61.9 Å². The van der Waals surface area contributed by atoms with E-state index in [2.05, 4.69) is 16.2 Å². The molecule has 4 aromatic rings. The number of ether oxygens (including phenoxy) is 2. The lowest BCUT2D eigenvalue weighted by atomic mass is 10.0. The molecule has 150 valence electrons. The highest BCUT2D eigenvalue weighted by atomic mass is 32.1. The number of thiazole rings is 1. The van der Waals surface area contributed by atoms with Crippen molar-refractivity contribution in [1.29, 1.82) is 0 Å². The molecule has 1 atom stereocenters. The van der Waals surface area contributed by atoms with E-state index in [1.165, 1.54) is 15.9 Å². The molecule has 0 unspecified atom stereocenters. The fraction of sp³-hybridized carbons (Fsp3) is 0.174. The Morgan fingerprint density at radius 3 is 2.77 bits per heavy atom. The van der Waals surface area contributed by atoms with Crippen molar-refractivity contribution in [2.75, 3.05) is 6.61 Å². The number of nitrogens with zero attached hydrogens (tertiary/aromatic N) is 3. The predicted octanol–water partition coefficient (Wildman–Crippen LogP) is 3.58. The fourth-order valence-electron chi connectivity index (χ4n) is 3.40. The maximum atomic E-state index is 12.9. The zero-order valence-corrected chi connectivity index (χ0v) is 17.3. The van der Waals surface area contributed by atoms with E-state index in [4.69, 9.17) is 9.47 Å². The number of rotatable bonds is 4. The lowest BCUT2D eigenvalue weighted by Crippen LogP contribution is -2.26. The molecule has 0 amide bonds. The summed E-state index contributed by atoms with van der Waals surface area (Å²) in [4.78, 5) is 18.0. The molecular weight excluding hydrogens is 398 g/mol. The minimum Gasteiger partial charge on any atom is -0.494 e. The summed E-state index contributed by atoms with van der Waals surface area (Å²) < 4.78 is 13.4. The summed E-state index contributed by atoms with van der Waals surface area (Å²) in [5.41, 5.74) is 2.62. The first-order valence-electron chi connectivity index (χ1n) is 9.74. The lowest BCUT2D eigenvalue weighted by Gasteiger charge is -2.22. The van der Waals surface area contributed by atoms with Crippen LogP contribution in [-0.4, -0.2) is 27.3 Å². The van der Waals surface area contributed by atoms with Crippen LogP contribution in [0.25, 0.3) is 28.5 Å². The fourth-order valence-corrected chi connectivity index (χ4v) is 4.30. The van der Waals surface area contributed by atoms with Gasteiger partial charge in [0.25, 0.3) is 5.56 Å². The third-order valence-electron chi connectivity index (χ3n) is 4.92. The Morgan fingerprint density at radius 2 is 2.00 bits per heavy atom. The summed E-state index contributed by atoms with van der Waals surface area (Å²) in [5.74, 6) is 2.17. The molecule has 0 saturated heterocycles. The van der Waals surface area contributed by atoms with Crippen LogP contribution >= 0.6 is 11.3 Å². The van der Waals surface area contributed by atoms with E-state index in [0.717, 1.165) is 28.2 Å². The number of aromatic nitrogens is 3. The molecule has 3 heterocycles. The van der Waals surface area contributed by atoms with E-state index >= 15 is 0 Å². The first kappa shape index (κ1) is 18.6. The van der Waals surface area contributed by atoms with Gasteiger partial charge in [-0.2, -0.15) is 9.50 Å². The normalized spacial score (nSPS) is 16.3. The molecule has 1 aliphatic heterocycles. The van der Waals surface area contributed by atoms with Crippen LogP contribution in [0.4, 0.5) is 0 Å². The summed E-state index contributed by atoms with van der Waals surface area (Å²) in [6.07, 6.45) is 3.80. The van der Waals surface area contributed by atoms with E-state index in [0.29, 0.717) is 21.9 Å². The van der Waals surface area contributed by atoms with Crippen molar-refractivity contribution in [1.82, 2.24) is 14.6 Å². The van der Waals surface area contributed by atoms with Crippen molar-refractivity contribution in [3.8, 4) is 22.9 Å². The van der Waals surface area contributed by atoms with Crippen molar-refractivity contribution < 1.29 is 9.47 Å². The highest BCUT2D eigenvalue weighted by molar-refractivity contribution is 7.15. The van der Waals surface area contributed by atoms with Crippen LogP contribution in [-0.2, 0) is 0 Å². The number of fused-ring (bicyclic) bond motifs is 2. The van der Waals surface area contributed by atoms with E-state index in [1.54, 1.807) is 0 Å². The monoisotopic (exact) mass is 417 g/mol. The average molecular weight is 417 g/mol. The second-order valence-electron chi connectivity index (χ2n) is 6.95. The second kappa shape index (κ2) is 7.42. The molecule has 0 spiro atoms. The van der Waals surface area contributed by atoms with Gasteiger partial charge in [-0.3, -0.25) is 4.79 Å². The van der Waals surface area contributed by atoms with Gasteiger partial charge in [0.1, 0.15) is 17.6 Å². The Labute approximate surface area is 176 Å². The van der Waals surface area contributed by atoms with Crippen LogP contribution in [0.3, 0.4) is 0 Å². The van der Waals surface area contributed by atoms with Gasteiger partial charge in [-0.25, -0.2) is 0 Å². The summed E-state index contributed by atoms with van der Waals surface area (Å²) in [6.45, 7) is 4.53. The van der Waals surface area contributed by atoms with E-state index in [9.17, 15) is 4.79 Å². The summed E-state index contributed by atoms with van der Waals surface area (Å²) in [7, 11) is 0. The van der Waals surface area contributed by atoms with Gasteiger partial charge in [0.15, 0.2) is 5.82 Å². The van der Waals surface area contributed by atoms with E-state index < -0.39 is 0 Å². The second-order valence-corrected chi connectivity index (χ2v) is 7.95. The molecule has 7 heteroatoms. The first-order valence-corrected chi connectivity index (χ1v) is 10.6. The highest BCUT2D eigenvalue weighted by Gasteiger charge is 2.18. The highest BCUT2D eigenvalue weighted by Crippen LogP contribution is 2.29. The van der Waals surface area contributed by atoms with Crippen LogP contribution in [0.1, 0.15) is 19.4 Å². The van der Waals surface area contributed by atoms with Crippen LogP contribution in [0.15, 0.2) is 58.9 Å². The maximum Gasteiger partial charge on any atom is 0.291 e. The summed E-state index contributed by atoms with van der Waals surface area (Å²) in [6, 6.07) is 15.4. The van der Waals surface area contributed by atoms with Gasteiger partial charge < -0.3 is 9.47 Å². The summed E-state index contributed by atoms with van der Waals surface area (Å²) >= 11 is 1.33. The van der Waals surface area contributed by atoms with Crippen molar-refractivity contribution in [3.05, 3.63) is 74.6 Å². The van der Waals surface area contributed by atoms with Gasteiger partial charge in [-0.15, -0.1) is 5.10 Å². The molecular formula is C23H19N3O3S. The summed E-state index contributed by atoms with van der Waals surface area (Å²) in [5, 5.41) is 4.42. The van der Waals surface area contributed by atoms with Gasteiger partial charge in [0, 0.05) is 11.1 Å². The van der Waals surface area contributed by atoms with Gasteiger partial charge in [0.05, 0.1) is 11.1 Å². The Bertz CT molecular complexity index is 1370. The number of hydrogen-bond donors (Lipinski definition) is 0. The molecule has 0 aliphatic carbocycles. The molecule has 6 nitrogen and oxygen atoms in total. The molecule has 0 fully saturated rings. The minimum absolute atomic E-state index is 0.138. The lowest BCUT2D eigenvalue weighted by molar-refractivity contribution is 0.259. The molecule has 0 N–H and O–H groups in total. The average Bonchev–Trinajstić information content (AvgIpc) is 3.29. The SMILES string of the molecule is CCOc1ccc(-c2nc3s/c(=C\C4=Cc5ccccc5O[C@@H]4C)c(=O)n3n2)cc1. The topological polar surface area (TPSA) is 65.7 Å². The molecule has 0 radical (unpaired) electrons. The Morgan fingerprint density at radius 1 is 1.20 bits per heavy atom. The van der Waals surface area contributed by atoms with Gasteiger partial charge in [0.2, 0.25) is 4.96 Å². The van der Waals surface area contributed by atoms with Gasteiger partial charge in [-0.1, -0.05) is 29.5 Å². The molecule has 0 bridgehead atoms. The van der Waals surface area contributed by atoms with Crippen molar-refractivity contribution >= 4 is 28.4 Å². The maximum absolute atomic E-state index is 12.9. The first-order chi connectivity index (χ1) is 14.6. The zero-order valence-electron chi connectivity index (χ0n) is 16.5. The Kier molecular flexibility index (Phi) is 4.59. The van der Waals surface area contributed by atoms with Crippen LogP contribution in [0.5, 0.6) is 11.5 Å². The van der Waals surface area contributed by atoms with Crippen molar-refractivity contribution in [2.24, 2.45) is 0 Å². The van der Waals surface area contributed by atoms with E-state index in [-0.39, 0.29) is 11.7 Å². The number of para-hydroxylation sites is 1. The standard InChI is InChI=1S/C23H19N3O3S/c1-3-28-18-10-8-15(9-11-18)21-24-23-26(25-21)22(27)20(30-23)13-17-12-16-6-4-5-7-19(16)29-14(17)2/h4-14H,3H2,1-2H3/b20-13-/t14-/m1/s1. The van der Waals surface area contributed by atoms with Crippen molar-refractivity contribution in [3.63, 3.8) is 0 Å². The Hall–Kier alpha value is -3.45. The molecule has 1 aliphatic rings. The van der Waals surface area contributed by atoms with Crippen LogP contribution in [0, 0.1) is 0 Å². The smallest absolute Gasteiger partial charge is 0.291 e. The molecule has 0 saturated carbocycles. The molecule has 2 aromatic heterocycles. The quantitative estimate of drug-likeness (QED) is 0.508. The predicted molar refractivity (Wildman–Crippen MR) is 118 cm³/mol. The molecule has 5 rings (SSSR count). The Balaban J connectivity index is 1.51. The zero-order chi connectivity index (χ0) is 20.7.